The lowest BCUT2D eigenvalue weighted by Crippen LogP contribution is -2.47. The molecule has 1 aliphatic rings. The van der Waals surface area contributed by atoms with Crippen LogP contribution in [-0.2, 0) is 0 Å². The highest BCUT2D eigenvalue weighted by atomic mass is 16.2. The van der Waals surface area contributed by atoms with E-state index < -0.39 is 0 Å². The second kappa shape index (κ2) is 9.97. The molecule has 0 bridgehead atoms. The molecule has 144 valence electrons. The average molecular weight is 367 g/mol. The van der Waals surface area contributed by atoms with E-state index in [-0.39, 0.29) is 12.1 Å². The molecular formula is C22H30N4O. The van der Waals surface area contributed by atoms with Crippen molar-refractivity contribution in [3.05, 3.63) is 66.2 Å². The van der Waals surface area contributed by atoms with Gasteiger partial charge in [-0.05, 0) is 37.6 Å². The van der Waals surface area contributed by atoms with Crippen molar-refractivity contribution >= 4 is 11.7 Å². The average Bonchev–Trinajstić information content (AvgIpc) is 2.73. The smallest absolute Gasteiger partial charge is 0.315 e. The number of nitrogens with one attached hydrogen (secondary N) is 2. The molecule has 0 radical (unpaired) electrons. The van der Waals surface area contributed by atoms with Crippen molar-refractivity contribution in [2.45, 2.75) is 19.4 Å². The zero-order chi connectivity index (χ0) is 18.9. The Bertz CT molecular complexity index is 684. The van der Waals surface area contributed by atoms with Crippen LogP contribution in [0.15, 0.2) is 60.7 Å². The molecule has 1 fully saturated rings. The SMILES string of the molecule is CC(NC(=O)NCCCN1CCN(c2ccccc2)CC1)c1ccccc1. The van der Waals surface area contributed by atoms with Crippen LogP contribution in [0, 0.1) is 0 Å². The first kappa shape index (κ1) is 19.2. The van der Waals surface area contributed by atoms with Crippen LogP contribution in [0.4, 0.5) is 10.5 Å². The van der Waals surface area contributed by atoms with Crippen molar-refractivity contribution < 1.29 is 4.79 Å². The molecule has 1 unspecified atom stereocenters. The monoisotopic (exact) mass is 366 g/mol. The Balaban J connectivity index is 1.29. The van der Waals surface area contributed by atoms with Crippen molar-refractivity contribution in [2.24, 2.45) is 0 Å². The van der Waals surface area contributed by atoms with Crippen LogP contribution < -0.4 is 15.5 Å². The second-order valence-corrected chi connectivity index (χ2v) is 7.05. The van der Waals surface area contributed by atoms with Crippen LogP contribution in [0.1, 0.15) is 24.9 Å². The first-order chi connectivity index (χ1) is 13.2. The number of urea groups is 1. The lowest BCUT2D eigenvalue weighted by atomic mass is 10.1. The van der Waals surface area contributed by atoms with E-state index in [9.17, 15) is 4.79 Å². The second-order valence-electron chi connectivity index (χ2n) is 7.05. The third kappa shape index (κ3) is 6.00. The maximum absolute atomic E-state index is 12.0. The first-order valence-corrected chi connectivity index (χ1v) is 9.84. The van der Waals surface area contributed by atoms with E-state index >= 15 is 0 Å². The van der Waals surface area contributed by atoms with Crippen molar-refractivity contribution in [2.75, 3.05) is 44.2 Å². The molecule has 0 aromatic heterocycles. The highest BCUT2D eigenvalue weighted by molar-refractivity contribution is 5.74. The van der Waals surface area contributed by atoms with Gasteiger partial charge in [0.15, 0.2) is 0 Å². The Labute approximate surface area is 162 Å². The summed E-state index contributed by atoms with van der Waals surface area (Å²) in [6.45, 7) is 8.00. The number of hydrogen-bond donors (Lipinski definition) is 2. The van der Waals surface area contributed by atoms with E-state index in [0.717, 1.165) is 44.7 Å². The highest BCUT2D eigenvalue weighted by Crippen LogP contribution is 2.15. The van der Waals surface area contributed by atoms with E-state index in [1.807, 2.05) is 37.3 Å². The fourth-order valence-electron chi connectivity index (χ4n) is 3.45. The fourth-order valence-corrected chi connectivity index (χ4v) is 3.45. The van der Waals surface area contributed by atoms with Crippen molar-refractivity contribution in [1.82, 2.24) is 15.5 Å². The van der Waals surface area contributed by atoms with Crippen LogP contribution in [-0.4, -0.2) is 50.2 Å². The summed E-state index contributed by atoms with van der Waals surface area (Å²) in [5.41, 5.74) is 2.42. The largest absolute Gasteiger partial charge is 0.369 e. The molecule has 3 rings (SSSR count). The minimum absolute atomic E-state index is 0.0114. The van der Waals surface area contributed by atoms with Crippen LogP contribution in [0.3, 0.4) is 0 Å². The molecule has 2 aromatic carbocycles. The Morgan fingerprint density at radius 2 is 1.59 bits per heavy atom. The number of nitrogens with zero attached hydrogens (tertiary/aromatic N) is 2. The van der Waals surface area contributed by atoms with Gasteiger partial charge in [-0.3, -0.25) is 4.90 Å². The predicted molar refractivity (Wildman–Crippen MR) is 111 cm³/mol. The minimum Gasteiger partial charge on any atom is -0.369 e. The summed E-state index contributed by atoms with van der Waals surface area (Å²) < 4.78 is 0. The molecule has 2 amide bonds. The molecular weight excluding hydrogens is 336 g/mol. The molecule has 27 heavy (non-hydrogen) atoms. The third-order valence-electron chi connectivity index (χ3n) is 5.08. The van der Waals surface area contributed by atoms with Gasteiger partial charge >= 0.3 is 6.03 Å². The molecule has 2 aromatic rings. The molecule has 0 saturated carbocycles. The van der Waals surface area contributed by atoms with Crippen LogP contribution >= 0.6 is 0 Å². The summed E-state index contributed by atoms with van der Waals surface area (Å²) in [7, 11) is 0. The van der Waals surface area contributed by atoms with Gasteiger partial charge in [-0.1, -0.05) is 48.5 Å². The number of para-hydroxylation sites is 1. The van der Waals surface area contributed by atoms with Gasteiger partial charge in [-0.25, -0.2) is 4.79 Å². The van der Waals surface area contributed by atoms with Gasteiger partial charge in [0.05, 0.1) is 6.04 Å². The van der Waals surface area contributed by atoms with Crippen LogP contribution in [0.5, 0.6) is 0 Å². The molecule has 0 spiro atoms. The molecule has 2 N–H and O–H groups in total. The first-order valence-electron chi connectivity index (χ1n) is 9.84. The molecule has 5 heteroatoms. The Kier molecular flexibility index (Phi) is 7.11. The van der Waals surface area contributed by atoms with Crippen molar-refractivity contribution in [3.63, 3.8) is 0 Å². The fraction of sp³-hybridized carbons (Fsp3) is 0.409. The van der Waals surface area contributed by atoms with E-state index in [2.05, 4.69) is 50.8 Å². The van der Waals surface area contributed by atoms with Crippen LogP contribution in [0.2, 0.25) is 0 Å². The summed E-state index contributed by atoms with van der Waals surface area (Å²) in [5.74, 6) is 0. The number of anilines is 1. The summed E-state index contributed by atoms with van der Waals surface area (Å²) >= 11 is 0. The van der Waals surface area contributed by atoms with Crippen molar-refractivity contribution in [1.29, 1.82) is 0 Å². The van der Waals surface area contributed by atoms with Crippen molar-refractivity contribution in [3.8, 4) is 0 Å². The van der Waals surface area contributed by atoms with Gasteiger partial charge in [0.1, 0.15) is 0 Å². The Morgan fingerprint density at radius 3 is 2.26 bits per heavy atom. The molecule has 0 aliphatic carbocycles. The number of piperazine rings is 1. The topological polar surface area (TPSA) is 47.6 Å². The molecule has 1 atom stereocenters. The van der Waals surface area contributed by atoms with E-state index in [1.165, 1.54) is 5.69 Å². The minimum atomic E-state index is -0.0970. The predicted octanol–water partition coefficient (Wildman–Crippen LogP) is 3.26. The van der Waals surface area contributed by atoms with Gasteiger partial charge < -0.3 is 15.5 Å². The molecule has 5 nitrogen and oxygen atoms in total. The number of rotatable bonds is 7. The Morgan fingerprint density at radius 1 is 0.963 bits per heavy atom. The maximum Gasteiger partial charge on any atom is 0.315 e. The standard InChI is InChI=1S/C22H30N4O/c1-19(20-9-4-2-5-10-20)24-22(27)23-13-8-14-25-15-17-26(18-16-25)21-11-6-3-7-12-21/h2-7,9-12,19H,8,13-18H2,1H3,(H2,23,24,27). The third-order valence-corrected chi connectivity index (χ3v) is 5.08. The number of benzene rings is 2. The lowest BCUT2D eigenvalue weighted by molar-refractivity contribution is 0.233. The van der Waals surface area contributed by atoms with Gasteiger partial charge in [-0.15, -0.1) is 0 Å². The molecule has 1 aliphatic heterocycles. The summed E-state index contributed by atoms with van der Waals surface area (Å²) in [6, 6.07) is 20.5. The highest BCUT2D eigenvalue weighted by Gasteiger charge is 2.16. The molecule has 1 saturated heterocycles. The van der Waals surface area contributed by atoms with Gasteiger partial charge in [0.2, 0.25) is 0 Å². The summed E-state index contributed by atoms with van der Waals surface area (Å²) in [6.07, 6.45) is 0.971. The zero-order valence-corrected chi connectivity index (χ0v) is 16.1. The summed E-state index contributed by atoms with van der Waals surface area (Å²) in [4.78, 5) is 17.0. The van der Waals surface area contributed by atoms with Gasteiger partial charge in [-0.2, -0.15) is 0 Å². The number of amides is 2. The van der Waals surface area contributed by atoms with Crippen LogP contribution in [0.25, 0.3) is 0 Å². The van der Waals surface area contributed by atoms with Gasteiger partial charge in [0, 0.05) is 38.4 Å². The quantitative estimate of drug-likeness (QED) is 0.740. The lowest BCUT2D eigenvalue weighted by Gasteiger charge is -2.36. The molecule has 1 heterocycles. The zero-order valence-electron chi connectivity index (χ0n) is 16.1. The number of carbonyl (C=O) groups is 1. The van der Waals surface area contributed by atoms with E-state index in [1.54, 1.807) is 0 Å². The summed E-state index contributed by atoms with van der Waals surface area (Å²) in [5, 5.41) is 5.96. The number of carbonyl (C=O) groups excluding carboxylic acids is 1. The Hall–Kier alpha value is -2.53. The normalized spacial score (nSPS) is 16.0. The van der Waals surface area contributed by atoms with Gasteiger partial charge in [0.25, 0.3) is 0 Å². The van der Waals surface area contributed by atoms with E-state index in [4.69, 9.17) is 0 Å². The number of hydrogen-bond acceptors (Lipinski definition) is 3. The maximum atomic E-state index is 12.0. The van der Waals surface area contributed by atoms with E-state index in [0.29, 0.717) is 6.54 Å².